The monoisotopic (exact) mass is 722 g/mol. The van der Waals surface area contributed by atoms with Gasteiger partial charge in [0.05, 0.1) is 18.2 Å². The number of ether oxygens (including phenoxy) is 1. The van der Waals surface area contributed by atoms with Crippen LogP contribution in [-0.2, 0) is 23.9 Å². The van der Waals surface area contributed by atoms with Gasteiger partial charge >= 0.3 is 5.97 Å². The molecular weight excluding hydrogens is 656 g/mol. The molecule has 0 heterocycles. The summed E-state index contributed by atoms with van der Waals surface area (Å²) in [6.07, 6.45) is 36.5. The minimum atomic E-state index is -1.13. The maximum atomic E-state index is 13.1. The molecule has 4 atom stereocenters. The van der Waals surface area contributed by atoms with Crippen LogP contribution >= 0.6 is 0 Å². The van der Waals surface area contributed by atoms with Crippen molar-refractivity contribution in [1.82, 2.24) is 16.0 Å². The predicted molar refractivity (Wildman–Crippen MR) is 211 cm³/mol. The first-order valence-electron chi connectivity index (χ1n) is 19.2. The molecule has 1 aliphatic carbocycles. The molecule has 0 saturated heterocycles. The zero-order chi connectivity index (χ0) is 38.4. The highest BCUT2D eigenvalue weighted by Gasteiger charge is 2.36. The lowest BCUT2D eigenvalue weighted by molar-refractivity contribution is -0.141. The molecule has 0 aliphatic heterocycles. The Labute approximate surface area is 312 Å². The number of carbonyl (C=O) groups is 4. The summed E-state index contributed by atoms with van der Waals surface area (Å²) < 4.78 is 6.19. The van der Waals surface area contributed by atoms with Crippen LogP contribution in [0.5, 0.6) is 0 Å². The van der Waals surface area contributed by atoms with Crippen LogP contribution < -0.4 is 21.7 Å². The predicted octanol–water partition coefficient (Wildman–Crippen LogP) is 7.06. The Morgan fingerprint density at radius 3 is 1.88 bits per heavy atom. The molecule has 0 spiro atoms. The van der Waals surface area contributed by atoms with Gasteiger partial charge in [-0.2, -0.15) is 0 Å². The van der Waals surface area contributed by atoms with Crippen molar-refractivity contribution in [1.29, 1.82) is 0 Å². The normalized spacial score (nSPS) is 18.7. The second kappa shape index (κ2) is 29.5. The van der Waals surface area contributed by atoms with Gasteiger partial charge in [0.15, 0.2) is 0 Å². The van der Waals surface area contributed by atoms with E-state index in [4.69, 9.17) is 10.5 Å². The Kier molecular flexibility index (Phi) is 26.1. The van der Waals surface area contributed by atoms with Crippen molar-refractivity contribution in [3.63, 3.8) is 0 Å². The Bertz CT molecular complexity index is 1260. The second-order valence-corrected chi connectivity index (χ2v) is 13.0. The molecule has 1 unspecified atom stereocenters. The maximum absolute atomic E-state index is 13.1. The second-order valence-electron chi connectivity index (χ2n) is 13.0. The molecule has 1 aliphatic rings. The molecular formula is C42H66N4O6. The molecule has 0 bridgehead atoms. The fourth-order valence-corrected chi connectivity index (χ4v) is 5.57. The molecule has 10 heteroatoms. The average molecular weight is 723 g/mol. The standard InChI is InChI=1S/C42H66N4O6/c1-5-8-9-10-11-12-13-14-15-16-17-18-19-20-21-22-23-24-25-29-39(48)44-30-27-26-28-37(42(50)51)46-41(49)34-31-36(43)40(45-33(4)47)38(32-34)52-35(6-2)7-3/h8-9,11-12,14-15,17-18,20-21,23-24,32,35-38,40H,5-7,10,13,16,19,22,25-31,43H2,1-4H3,(H,44,48)(H,45,47)(H,46,49)(H,50,51)/b9-8-,12-11-,15-14-,18-17-,21-20-,24-23-/t36-,37?,38+,40+/m0/s1. The van der Waals surface area contributed by atoms with E-state index in [1.807, 2.05) is 19.9 Å². The van der Waals surface area contributed by atoms with E-state index >= 15 is 0 Å². The number of aliphatic carboxylic acids is 1. The van der Waals surface area contributed by atoms with Crippen LogP contribution in [0, 0.1) is 0 Å². The van der Waals surface area contributed by atoms with Crippen molar-refractivity contribution in [3.05, 3.63) is 84.6 Å². The van der Waals surface area contributed by atoms with E-state index < -0.39 is 36.1 Å². The summed E-state index contributed by atoms with van der Waals surface area (Å²) in [5.41, 5.74) is 6.70. The lowest BCUT2D eigenvalue weighted by atomic mass is 9.87. The lowest BCUT2D eigenvalue weighted by Gasteiger charge is -2.37. The number of nitrogens with two attached hydrogens (primary N) is 1. The molecule has 0 aromatic heterocycles. The number of hydrogen-bond donors (Lipinski definition) is 5. The number of carbonyl (C=O) groups excluding carboxylic acids is 3. The number of hydrogen-bond acceptors (Lipinski definition) is 6. The van der Waals surface area contributed by atoms with Crippen LogP contribution in [0.25, 0.3) is 0 Å². The van der Waals surface area contributed by atoms with Gasteiger partial charge in [-0.05, 0) is 89.5 Å². The highest BCUT2D eigenvalue weighted by atomic mass is 16.5. The fourth-order valence-electron chi connectivity index (χ4n) is 5.57. The molecule has 0 saturated carbocycles. The molecule has 52 heavy (non-hydrogen) atoms. The van der Waals surface area contributed by atoms with Gasteiger partial charge in [0.25, 0.3) is 0 Å². The van der Waals surface area contributed by atoms with E-state index in [0.717, 1.165) is 51.4 Å². The van der Waals surface area contributed by atoms with Gasteiger partial charge < -0.3 is 31.5 Å². The van der Waals surface area contributed by atoms with Gasteiger partial charge in [0.2, 0.25) is 17.7 Å². The topological polar surface area (TPSA) is 160 Å². The number of carboxylic acid groups (broad SMARTS) is 1. The first-order chi connectivity index (χ1) is 25.1. The van der Waals surface area contributed by atoms with Crippen LogP contribution in [0.15, 0.2) is 84.6 Å². The average Bonchev–Trinajstić information content (AvgIpc) is 3.11. The first kappa shape index (κ1) is 46.0. The first-order valence-corrected chi connectivity index (χ1v) is 19.2. The summed E-state index contributed by atoms with van der Waals surface area (Å²) in [5.74, 6) is -1.93. The molecule has 3 amide bonds. The molecule has 1 rings (SSSR count). The summed E-state index contributed by atoms with van der Waals surface area (Å²) in [5, 5.41) is 18.1. The van der Waals surface area contributed by atoms with Gasteiger partial charge in [-0.25, -0.2) is 4.79 Å². The van der Waals surface area contributed by atoms with Gasteiger partial charge in [-0.1, -0.05) is 93.7 Å². The molecule has 0 aromatic rings. The molecule has 0 aromatic carbocycles. The number of rotatable bonds is 27. The quantitative estimate of drug-likeness (QED) is 0.0449. The van der Waals surface area contributed by atoms with Crippen molar-refractivity contribution >= 4 is 23.7 Å². The Balaban J connectivity index is 2.32. The molecule has 290 valence electrons. The van der Waals surface area contributed by atoms with Crippen molar-refractivity contribution in [2.75, 3.05) is 6.54 Å². The Morgan fingerprint density at radius 2 is 1.38 bits per heavy atom. The molecule has 0 fully saturated rings. The van der Waals surface area contributed by atoms with Gasteiger partial charge in [-0.3, -0.25) is 14.4 Å². The van der Waals surface area contributed by atoms with E-state index in [0.29, 0.717) is 37.8 Å². The van der Waals surface area contributed by atoms with Crippen LogP contribution in [0.2, 0.25) is 0 Å². The number of nitrogens with one attached hydrogen (secondary N) is 3. The highest BCUT2D eigenvalue weighted by Crippen LogP contribution is 2.24. The van der Waals surface area contributed by atoms with Gasteiger partial charge in [-0.15, -0.1) is 0 Å². The smallest absolute Gasteiger partial charge is 0.326 e. The van der Waals surface area contributed by atoms with Crippen molar-refractivity contribution in [2.45, 2.75) is 148 Å². The Hall–Kier alpha value is -4.02. The third kappa shape index (κ3) is 22.0. The van der Waals surface area contributed by atoms with Crippen LogP contribution in [0.1, 0.15) is 118 Å². The zero-order valence-electron chi connectivity index (χ0n) is 32.1. The number of allylic oxidation sites excluding steroid dienone is 12. The number of unbranched alkanes of at least 4 members (excludes halogenated alkanes) is 1. The van der Waals surface area contributed by atoms with E-state index in [1.54, 1.807) is 6.08 Å². The highest BCUT2D eigenvalue weighted by molar-refractivity contribution is 5.96. The minimum absolute atomic E-state index is 0.0501. The number of amides is 3. The summed E-state index contributed by atoms with van der Waals surface area (Å²) >= 11 is 0. The summed E-state index contributed by atoms with van der Waals surface area (Å²) in [4.78, 5) is 49.1. The van der Waals surface area contributed by atoms with Crippen LogP contribution in [0.4, 0.5) is 0 Å². The third-order valence-electron chi connectivity index (χ3n) is 8.54. The van der Waals surface area contributed by atoms with Crippen molar-refractivity contribution in [3.8, 4) is 0 Å². The van der Waals surface area contributed by atoms with E-state index in [9.17, 15) is 24.3 Å². The molecule has 10 nitrogen and oxygen atoms in total. The largest absolute Gasteiger partial charge is 0.480 e. The molecule has 6 N–H and O–H groups in total. The van der Waals surface area contributed by atoms with Crippen LogP contribution in [0.3, 0.4) is 0 Å². The van der Waals surface area contributed by atoms with Gasteiger partial charge in [0, 0.05) is 31.5 Å². The maximum Gasteiger partial charge on any atom is 0.326 e. The van der Waals surface area contributed by atoms with Crippen molar-refractivity contribution < 1.29 is 29.0 Å². The molecule has 0 radical (unpaired) electrons. The Morgan fingerprint density at radius 1 is 0.846 bits per heavy atom. The van der Waals surface area contributed by atoms with Gasteiger partial charge in [0.1, 0.15) is 6.04 Å². The summed E-state index contributed by atoms with van der Waals surface area (Å²) in [6, 6.07) is -2.15. The third-order valence-corrected chi connectivity index (χ3v) is 8.54. The summed E-state index contributed by atoms with van der Waals surface area (Å²) in [6.45, 7) is 7.98. The lowest BCUT2D eigenvalue weighted by Crippen LogP contribution is -2.57. The van der Waals surface area contributed by atoms with E-state index in [-0.39, 0.29) is 30.8 Å². The minimum Gasteiger partial charge on any atom is -0.480 e. The summed E-state index contributed by atoms with van der Waals surface area (Å²) in [7, 11) is 0. The zero-order valence-corrected chi connectivity index (χ0v) is 32.1. The van der Waals surface area contributed by atoms with E-state index in [2.05, 4.69) is 89.7 Å². The SMILES string of the molecule is CC/C=C\C/C=C\C/C=C\C/C=C\C/C=C\C/C=C\CCC(=O)NCCCCC(NC(=O)C1=C[C@@H](OC(CC)CC)[C@H](NC(C)=O)[C@@H](N)C1)C(=O)O. The van der Waals surface area contributed by atoms with Crippen LogP contribution in [-0.4, -0.2) is 65.7 Å². The van der Waals surface area contributed by atoms with E-state index in [1.165, 1.54) is 6.92 Å². The van der Waals surface area contributed by atoms with Crippen molar-refractivity contribution in [2.24, 2.45) is 5.73 Å². The fraction of sp³-hybridized carbons (Fsp3) is 0.571. The number of carboxylic acids is 1.